The van der Waals surface area contributed by atoms with Crippen molar-refractivity contribution in [2.75, 3.05) is 31.1 Å². The SMILES string of the molecule is C[C@H]1[C@H](NC(=O)c2ccc(-c3ccccc3N3CCCCC3)o2)C2CCN1CC2. The molecule has 0 radical (unpaired) electrons. The Hall–Kier alpha value is -2.27. The Morgan fingerprint density at radius 1 is 1.00 bits per heavy atom. The zero-order valence-corrected chi connectivity index (χ0v) is 17.3. The second-order valence-electron chi connectivity index (χ2n) is 8.84. The summed E-state index contributed by atoms with van der Waals surface area (Å²) < 4.78 is 6.07. The van der Waals surface area contributed by atoms with Gasteiger partial charge >= 0.3 is 0 Å². The molecule has 4 fully saturated rings. The van der Waals surface area contributed by atoms with E-state index >= 15 is 0 Å². The predicted molar refractivity (Wildman–Crippen MR) is 115 cm³/mol. The quantitative estimate of drug-likeness (QED) is 0.848. The molecule has 154 valence electrons. The summed E-state index contributed by atoms with van der Waals surface area (Å²) in [5, 5.41) is 3.27. The molecule has 2 bridgehead atoms. The molecule has 1 amide bonds. The lowest BCUT2D eigenvalue weighted by molar-refractivity contribution is 0.0211. The first-order chi connectivity index (χ1) is 14.2. The van der Waals surface area contributed by atoms with Gasteiger partial charge in [0.05, 0.1) is 0 Å². The van der Waals surface area contributed by atoms with Crippen molar-refractivity contribution in [3.8, 4) is 11.3 Å². The van der Waals surface area contributed by atoms with Crippen LogP contribution in [0, 0.1) is 5.92 Å². The number of nitrogens with zero attached hydrogens (tertiary/aromatic N) is 2. The molecule has 4 aliphatic heterocycles. The van der Waals surface area contributed by atoms with Gasteiger partial charge in [-0.25, -0.2) is 0 Å². The van der Waals surface area contributed by atoms with E-state index in [9.17, 15) is 4.79 Å². The third kappa shape index (κ3) is 3.57. The first kappa shape index (κ1) is 18.7. The number of furan rings is 1. The lowest BCUT2D eigenvalue weighted by Crippen LogP contribution is -2.62. The molecule has 0 spiro atoms. The van der Waals surface area contributed by atoms with Crippen LogP contribution in [0.4, 0.5) is 5.69 Å². The lowest BCUT2D eigenvalue weighted by Gasteiger charge is -2.49. The summed E-state index contributed by atoms with van der Waals surface area (Å²) in [4.78, 5) is 17.9. The predicted octanol–water partition coefficient (Wildman–Crippen LogP) is 4.15. The van der Waals surface area contributed by atoms with Crippen molar-refractivity contribution in [1.29, 1.82) is 0 Å². The zero-order chi connectivity index (χ0) is 19.8. The molecule has 6 rings (SSSR count). The number of carbonyl (C=O) groups is 1. The van der Waals surface area contributed by atoms with E-state index in [-0.39, 0.29) is 11.9 Å². The van der Waals surface area contributed by atoms with Crippen molar-refractivity contribution in [3.05, 3.63) is 42.2 Å². The molecule has 4 aliphatic rings. The van der Waals surface area contributed by atoms with Crippen molar-refractivity contribution < 1.29 is 9.21 Å². The van der Waals surface area contributed by atoms with E-state index in [0.29, 0.717) is 17.7 Å². The molecule has 1 N–H and O–H groups in total. The number of hydrogen-bond donors (Lipinski definition) is 1. The second kappa shape index (κ2) is 7.86. The van der Waals surface area contributed by atoms with Gasteiger partial charge in [0.25, 0.3) is 5.91 Å². The monoisotopic (exact) mass is 393 g/mol. The van der Waals surface area contributed by atoms with Gasteiger partial charge in [-0.1, -0.05) is 12.1 Å². The summed E-state index contributed by atoms with van der Waals surface area (Å²) in [6.45, 7) is 6.73. The zero-order valence-electron chi connectivity index (χ0n) is 17.3. The van der Waals surface area contributed by atoms with Gasteiger partial charge in [-0.05, 0) is 82.3 Å². The summed E-state index contributed by atoms with van der Waals surface area (Å²) in [7, 11) is 0. The van der Waals surface area contributed by atoms with E-state index < -0.39 is 0 Å². The molecule has 0 saturated carbocycles. The van der Waals surface area contributed by atoms with Crippen LogP contribution < -0.4 is 10.2 Å². The average Bonchev–Trinajstić information content (AvgIpc) is 3.27. The number of benzene rings is 1. The number of anilines is 1. The standard InChI is InChI=1S/C24H31N3O2/c1-17-23(18-11-15-26(17)16-12-18)25-24(28)22-10-9-21(29-22)19-7-3-4-8-20(19)27-13-5-2-6-14-27/h3-4,7-10,17-18,23H,2,5-6,11-16H2,1H3,(H,25,28)/t17-,23-/m0/s1. The molecule has 0 aliphatic carbocycles. The molecule has 0 unspecified atom stereocenters. The van der Waals surface area contributed by atoms with Gasteiger partial charge in [-0.15, -0.1) is 0 Å². The molecular weight excluding hydrogens is 362 g/mol. The normalized spacial score (nSPS) is 29.1. The van der Waals surface area contributed by atoms with Gasteiger partial charge in [0.2, 0.25) is 0 Å². The van der Waals surface area contributed by atoms with Crippen LogP contribution in [0.25, 0.3) is 11.3 Å². The van der Waals surface area contributed by atoms with Gasteiger partial charge in [0.1, 0.15) is 5.76 Å². The summed E-state index contributed by atoms with van der Waals surface area (Å²) in [6, 6.07) is 12.8. The number of amides is 1. The minimum atomic E-state index is -0.0858. The second-order valence-corrected chi connectivity index (χ2v) is 8.84. The minimum absolute atomic E-state index is 0.0858. The van der Waals surface area contributed by atoms with E-state index in [1.165, 1.54) is 37.8 Å². The Kier molecular flexibility index (Phi) is 5.08. The molecule has 2 atom stereocenters. The van der Waals surface area contributed by atoms with Gasteiger partial charge in [-0.3, -0.25) is 9.69 Å². The molecule has 5 heteroatoms. The molecule has 2 aromatic rings. The van der Waals surface area contributed by atoms with E-state index in [1.54, 1.807) is 0 Å². The van der Waals surface area contributed by atoms with Crippen LogP contribution in [0.3, 0.4) is 0 Å². The molecular formula is C24H31N3O2. The number of fused-ring (bicyclic) bond motifs is 3. The number of carbonyl (C=O) groups excluding carboxylic acids is 1. The molecule has 1 aromatic heterocycles. The number of piperidine rings is 4. The van der Waals surface area contributed by atoms with Crippen molar-refractivity contribution in [1.82, 2.24) is 10.2 Å². The Balaban J connectivity index is 1.34. The third-order valence-electron chi connectivity index (χ3n) is 7.17. The fourth-order valence-electron chi connectivity index (χ4n) is 5.47. The van der Waals surface area contributed by atoms with Gasteiger partial charge in [0, 0.05) is 36.4 Å². The van der Waals surface area contributed by atoms with Crippen LogP contribution >= 0.6 is 0 Å². The van der Waals surface area contributed by atoms with Gasteiger partial charge < -0.3 is 14.6 Å². The van der Waals surface area contributed by atoms with E-state index in [0.717, 1.165) is 37.5 Å². The maximum Gasteiger partial charge on any atom is 0.287 e. The van der Waals surface area contributed by atoms with Gasteiger partial charge in [-0.2, -0.15) is 0 Å². The van der Waals surface area contributed by atoms with E-state index in [1.807, 2.05) is 18.2 Å². The Labute approximate surface area is 173 Å². The molecule has 5 nitrogen and oxygen atoms in total. The highest BCUT2D eigenvalue weighted by Crippen LogP contribution is 2.35. The molecule has 5 heterocycles. The van der Waals surface area contributed by atoms with Crippen LogP contribution in [0.1, 0.15) is 49.6 Å². The van der Waals surface area contributed by atoms with Crippen LogP contribution in [-0.2, 0) is 0 Å². The van der Waals surface area contributed by atoms with E-state index in [4.69, 9.17) is 4.42 Å². The minimum Gasteiger partial charge on any atom is -0.451 e. The van der Waals surface area contributed by atoms with Crippen molar-refractivity contribution >= 4 is 11.6 Å². The number of nitrogens with one attached hydrogen (secondary N) is 1. The highest BCUT2D eigenvalue weighted by molar-refractivity contribution is 5.92. The summed E-state index contributed by atoms with van der Waals surface area (Å²) in [6.07, 6.45) is 6.14. The molecule has 1 aromatic carbocycles. The topological polar surface area (TPSA) is 48.7 Å². The molecule has 29 heavy (non-hydrogen) atoms. The number of para-hydroxylation sites is 1. The summed E-state index contributed by atoms with van der Waals surface area (Å²) in [5.74, 6) is 1.70. The number of rotatable bonds is 4. The Morgan fingerprint density at radius 2 is 1.76 bits per heavy atom. The first-order valence-corrected chi connectivity index (χ1v) is 11.2. The van der Waals surface area contributed by atoms with Crippen LogP contribution in [0.5, 0.6) is 0 Å². The number of hydrogen-bond acceptors (Lipinski definition) is 4. The third-order valence-corrected chi connectivity index (χ3v) is 7.17. The van der Waals surface area contributed by atoms with E-state index in [2.05, 4.69) is 40.2 Å². The molecule has 4 saturated heterocycles. The first-order valence-electron chi connectivity index (χ1n) is 11.2. The fraction of sp³-hybridized carbons (Fsp3) is 0.542. The average molecular weight is 394 g/mol. The Bertz CT molecular complexity index is 861. The maximum absolute atomic E-state index is 12.9. The highest BCUT2D eigenvalue weighted by atomic mass is 16.4. The lowest BCUT2D eigenvalue weighted by atomic mass is 9.79. The Morgan fingerprint density at radius 3 is 2.52 bits per heavy atom. The fourth-order valence-corrected chi connectivity index (χ4v) is 5.47. The summed E-state index contributed by atoms with van der Waals surface area (Å²) in [5.41, 5.74) is 2.28. The highest BCUT2D eigenvalue weighted by Gasteiger charge is 2.40. The van der Waals surface area contributed by atoms with Crippen molar-refractivity contribution in [2.24, 2.45) is 5.92 Å². The van der Waals surface area contributed by atoms with Crippen LogP contribution in [-0.4, -0.2) is 49.1 Å². The van der Waals surface area contributed by atoms with Crippen molar-refractivity contribution in [3.63, 3.8) is 0 Å². The van der Waals surface area contributed by atoms with Crippen LogP contribution in [0.2, 0.25) is 0 Å². The largest absolute Gasteiger partial charge is 0.451 e. The maximum atomic E-state index is 12.9. The van der Waals surface area contributed by atoms with Crippen molar-refractivity contribution in [2.45, 2.75) is 51.1 Å². The smallest absolute Gasteiger partial charge is 0.287 e. The summed E-state index contributed by atoms with van der Waals surface area (Å²) >= 11 is 0. The van der Waals surface area contributed by atoms with Gasteiger partial charge in [0.15, 0.2) is 5.76 Å². The van der Waals surface area contributed by atoms with Crippen LogP contribution in [0.15, 0.2) is 40.8 Å².